The molecule has 7 heteroatoms. The van der Waals surface area contributed by atoms with Gasteiger partial charge >= 0.3 is 0 Å². The predicted molar refractivity (Wildman–Crippen MR) is 118 cm³/mol. The van der Waals surface area contributed by atoms with Crippen LogP contribution in [0.5, 0.6) is 0 Å². The molecule has 0 radical (unpaired) electrons. The molecule has 4 rings (SSSR count). The highest BCUT2D eigenvalue weighted by molar-refractivity contribution is 5.96. The summed E-state index contributed by atoms with van der Waals surface area (Å²) in [5, 5.41) is 0. The third-order valence-corrected chi connectivity index (χ3v) is 5.83. The lowest BCUT2D eigenvalue weighted by Gasteiger charge is -2.36. The van der Waals surface area contributed by atoms with Gasteiger partial charge in [-0.2, -0.15) is 0 Å². The monoisotopic (exact) mass is 420 g/mol. The van der Waals surface area contributed by atoms with Gasteiger partial charge in [0.1, 0.15) is 5.82 Å². The summed E-state index contributed by atoms with van der Waals surface area (Å²) in [7, 11) is 0. The molecule has 1 fully saturated rings. The first kappa shape index (κ1) is 20.7. The SMILES string of the molecule is Cc1cc(C(=O)N2CCN(c3ccc(C(N)=O)cc3)CC2)c(C)n1-c1ccc(F)cc1. The first-order valence-electron chi connectivity index (χ1n) is 10.2. The van der Waals surface area contributed by atoms with Crippen molar-refractivity contribution >= 4 is 17.5 Å². The lowest BCUT2D eigenvalue weighted by atomic mass is 10.1. The molecule has 0 atom stereocenters. The molecular weight excluding hydrogens is 395 g/mol. The van der Waals surface area contributed by atoms with Crippen LogP contribution < -0.4 is 10.6 Å². The Morgan fingerprint density at radius 1 is 0.871 bits per heavy atom. The molecule has 2 amide bonds. The van der Waals surface area contributed by atoms with Crippen LogP contribution in [0.25, 0.3) is 5.69 Å². The molecule has 1 saturated heterocycles. The highest BCUT2D eigenvalue weighted by atomic mass is 19.1. The van der Waals surface area contributed by atoms with Crippen molar-refractivity contribution < 1.29 is 14.0 Å². The smallest absolute Gasteiger partial charge is 0.255 e. The zero-order valence-electron chi connectivity index (χ0n) is 17.6. The van der Waals surface area contributed by atoms with E-state index in [4.69, 9.17) is 5.73 Å². The van der Waals surface area contributed by atoms with Crippen LogP contribution in [0.15, 0.2) is 54.6 Å². The van der Waals surface area contributed by atoms with E-state index in [1.807, 2.05) is 41.5 Å². The van der Waals surface area contributed by atoms with Crippen LogP contribution in [0.3, 0.4) is 0 Å². The molecule has 0 unspecified atom stereocenters. The molecule has 0 aliphatic carbocycles. The summed E-state index contributed by atoms with van der Waals surface area (Å²) in [4.78, 5) is 28.5. The van der Waals surface area contributed by atoms with Crippen LogP contribution >= 0.6 is 0 Å². The maximum absolute atomic E-state index is 13.3. The highest BCUT2D eigenvalue weighted by Gasteiger charge is 2.25. The molecule has 31 heavy (non-hydrogen) atoms. The average molecular weight is 420 g/mol. The second-order valence-electron chi connectivity index (χ2n) is 7.79. The molecule has 0 spiro atoms. The van der Waals surface area contributed by atoms with Crippen molar-refractivity contribution in [2.45, 2.75) is 13.8 Å². The quantitative estimate of drug-likeness (QED) is 0.704. The second kappa shape index (κ2) is 8.26. The van der Waals surface area contributed by atoms with Crippen molar-refractivity contribution in [3.05, 3.63) is 82.9 Å². The maximum atomic E-state index is 13.3. The zero-order chi connectivity index (χ0) is 22.1. The van der Waals surface area contributed by atoms with Gasteiger partial charge in [0.05, 0.1) is 5.56 Å². The summed E-state index contributed by atoms with van der Waals surface area (Å²) < 4.78 is 15.3. The summed E-state index contributed by atoms with van der Waals surface area (Å²) in [5.74, 6) is -0.727. The molecule has 2 aromatic carbocycles. The van der Waals surface area contributed by atoms with Gasteiger partial charge in [0.15, 0.2) is 0 Å². The summed E-state index contributed by atoms with van der Waals surface area (Å²) in [6.45, 7) is 6.49. The largest absolute Gasteiger partial charge is 0.368 e. The molecule has 1 aliphatic rings. The van der Waals surface area contributed by atoms with Crippen LogP contribution in [-0.2, 0) is 0 Å². The number of anilines is 1. The van der Waals surface area contributed by atoms with Gasteiger partial charge in [-0.3, -0.25) is 9.59 Å². The number of rotatable bonds is 4. The number of primary amides is 1. The molecule has 6 nitrogen and oxygen atoms in total. The van der Waals surface area contributed by atoms with Gasteiger partial charge in [0.25, 0.3) is 5.91 Å². The van der Waals surface area contributed by atoms with Gasteiger partial charge < -0.3 is 20.1 Å². The Kier molecular flexibility index (Phi) is 5.50. The Labute approximate surface area is 180 Å². The topological polar surface area (TPSA) is 71.6 Å². The number of halogens is 1. The van der Waals surface area contributed by atoms with Crippen LogP contribution in [0.4, 0.5) is 10.1 Å². The number of piperazine rings is 1. The number of amides is 2. The van der Waals surface area contributed by atoms with E-state index in [1.165, 1.54) is 12.1 Å². The van der Waals surface area contributed by atoms with E-state index in [0.717, 1.165) is 22.8 Å². The number of nitrogens with two attached hydrogens (primary N) is 1. The number of carbonyl (C=O) groups excluding carboxylic acids is 2. The third kappa shape index (κ3) is 4.03. The minimum atomic E-state index is -0.444. The fourth-order valence-electron chi connectivity index (χ4n) is 4.14. The molecular formula is C24H25FN4O2. The Hall–Kier alpha value is -3.61. The fourth-order valence-corrected chi connectivity index (χ4v) is 4.14. The summed E-state index contributed by atoms with van der Waals surface area (Å²) in [6.07, 6.45) is 0. The van der Waals surface area contributed by atoms with Crippen molar-refractivity contribution in [2.75, 3.05) is 31.1 Å². The van der Waals surface area contributed by atoms with Crippen molar-refractivity contribution in [3.8, 4) is 5.69 Å². The Balaban J connectivity index is 1.47. The van der Waals surface area contributed by atoms with Crippen LogP contribution in [0.1, 0.15) is 32.1 Å². The number of hydrogen-bond donors (Lipinski definition) is 1. The number of hydrogen-bond acceptors (Lipinski definition) is 3. The van der Waals surface area contributed by atoms with Crippen molar-refractivity contribution in [1.29, 1.82) is 0 Å². The van der Waals surface area contributed by atoms with E-state index in [0.29, 0.717) is 37.3 Å². The Morgan fingerprint density at radius 2 is 1.45 bits per heavy atom. The van der Waals surface area contributed by atoms with Crippen LogP contribution in [0, 0.1) is 19.7 Å². The Morgan fingerprint density at radius 3 is 2.03 bits per heavy atom. The van der Waals surface area contributed by atoms with Gasteiger partial charge in [-0.15, -0.1) is 0 Å². The molecule has 160 valence electrons. The number of aromatic nitrogens is 1. The number of benzene rings is 2. The zero-order valence-corrected chi connectivity index (χ0v) is 17.6. The first-order valence-corrected chi connectivity index (χ1v) is 10.2. The van der Waals surface area contributed by atoms with Crippen LogP contribution in [0.2, 0.25) is 0 Å². The number of carbonyl (C=O) groups is 2. The molecule has 2 N–H and O–H groups in total. The fraction of sp³-hybridized carbons (Fsp3) is 0.250. The molecule has 1 aliphatic heterocycles. The normalized spacial score (nSPS) is 14.0. The lowest BCUT2D eigenvalue weighted by Crippen LogP contribution is -2.48. The van der Waals surface area contributed by atoms with E-state index >= 15 is 0 Å². The van der Waals surface area contributed by atoms with Gasteiger partial charge in [0.2, 0.25) is 5.91 Å². The summed E-state index contributed by atoms with van der Waals surface area (Å²) in [5.41, 5.74) is 10.1. The second-order valence-corrected chi connectivity index (χ2v) is 7.79. The maximum Gasteiger partial charge on any atom is 0.255 e. The van der Waals surface area contributed by atoms with E-state index in [2.05, 4.69) is 4.90 Å². The molecule has 3 aromatic rings. The number of nitrogens with zero attached hydrogens (tertiary/aromatic N) is 3. The van der Waals surface area contributed by atoms with Gasteiger partial charge in [-0.05, 0) is 68.4 Å². The molecule has 0 saturated carbocycles. The van der Waals surface area contributed by atoms with E-state index in [9.17, 15) is 14.0 Å². The standard InChI is InChI=1S/C24H25FN4O2/c1-16-15-22(17(2)29(16)21-9-5-19(25)6-10-21)24(31)28-13-11-27(12-14-28)20-7-3-18(4-8-20)23(26)30/h3-10,15H,11-14H2,1-2H3,(H2,26,30). The Bertz CT molecular complexity index is 1110. The van der Waals surface area contributed by atoms with E-state index < -0.39 is 5.91 Å². The van der Waals surface area contributed by atoms with Crippen molar-refractivity contribution in [1.82, 2.24) is 9.47 Å². The lowest BCUT2D eigenvalue weighted by molar-refractivity contribution is 0.0746. The first-order chi connectivity index (χ1) is 14.8. The number of aryl methyl sites for hydroxylation is 1. The molecule has 2 heterocycles. The van der Waals surface area contributed by atoms with E-state index in [-0.39, 0.29) is 11.7 Å². The minimum absolute atomic E-state index is 0.00480. The van der Waals surface area contributed by atoms with Gasteiger partial charge in [0, 0.05) is 54.5 Å². The third-order valence-electron chi connectivity index (χ3n) is 5.83. The van der Waals surface area contributed by atoms with Crippen molar-refractivity contribution in [2.24, 2.45) is 5.73 Å². The summed E-state index contributed by atoms with van der Waals surface area (Å²) in [6, 6.07) is 15.4. The minimum Gasteiger partial charge on any atom is -0.368 e. The molecule has 1 aromatic heterocycles. The summed E-state index contributed by atoms with van der Waals surface area (Å²) >= 11 is 0. The highest BCUT2D eigenvalue weighted by Crippen LogP contribution is 2.24. The molecule has 0 bridgehead atoms. The average Bonchev–Trinajstić information content (AvgIpc) is 3.08. The van der Waals surface area contributed by atoms with Crippen molar-refractivity contribution in [3.63, 3.8) is 0 Å². The van der Waals surface area contributed by atoms with Gasteiger partial charge in [-0.25, -0.2) is 4.39 Å². The van der Waals surface area contributed by atoms with E-state index in [1.54, 1.807) is 24.3 Å². The van der Waals surface area contributed by atoms with Crippen LogP contribution in [-0.4, -0.2) is 47.5 Å². The predicted octanol–water partition coefficient (Wildman–Crippen LogP) is 3.29. The van der Waals surface area contributed by atoms with Gasteiger partial charge in [-0.1, -0.05) is 0 Å².